The predicted molar refractivity (Wildman–Crippen MR) is 79.2 cm³/mol. The lowest BCUT2D eigenvalue weighted by Crippen LogP contribution is -2.38. The number of rotatable bonds is 4. The Morgan fingerprint density at radius 2 is 1.70 bits per heavy atom. The van der Waals surface area contributed by atoms with Gasteiger partial charge in [0, 0.05) is 10.6 Å². The molecule has 0 bridgehead atoms. The van der Waals surface area contributed by atoms with Crippen LogP contribution in [0, 0.1) is 0 Å². The fourth-order valence-electron chi connectivity index (χ4n) is 1.74. The van der Waals surface area contributed by atoms with Crippen molar-refractivity contribution >= 4 is 17.6 Å². The van der Waals surface area contributed by atoms with Crippen LogP contribution in [0.5, 0.6) is 5.75 Å². The lowest BCUT2D eigenvalue weighted by molar-refractivity contribution is -0.152. The molecule has 0 aromatic heterocycles. The molecule has 2 aromatic carbocycles. The third-order valence-electron chi connectivity index (χ3n) is 2.92. The summed E-state index contributed by atoms with van der Waals surface area (Å²) in [5.41, 5.74) is 0.465. The lowest BCUT2D eigenvalue weighted by atomic mass is 10.0. The molecule has 0 saturated heterocycles. The molecule has 0 fully saturated rings. The maximum Gasteiger partial charge on any atom is 0.347 e. The van der Waals surface area contributed by atoms with Crippen LogP contribution in [-0.2, 0) is 4.79 Å². The summed E-state index contributed by atoms with van der Waals surface area (Å²) >= 11 is 5.88. The van der Waals surface area contributed by atoms with Crippen molar-refractivity contribution in [2.24, 2.45) is 0 Å². The molecule has 2 rings (SSSR count). The van der Waals surface area contributed by atoms with E-state index in [1.807, 2.05) is 30.3 Å². The van der Waals surface area contributed by atoms with E-state index in [1.54, 1.807) is 18.2 Å². The molecule has 2 aromatic rings. The van der Waals surface area contributed by atoms with Gasteiger partial charge in [0.05, 0.1) is 0 Å². The summed E-state index contributed by atoms with van der Waals surface area (Å²) in [6.07, 6.45) is 0. The second-order valence-corrected chi connectivity index (χ2v) is 5.36. The molecule has 0 radical (unpaired) electrons. The zero-order valence-corrected chi connectivity index (χ0v) is 12.0. The molecule has 0 aliphatic heterocycles. The standard InChI is InChI=1S/C16H15ClO3/c1-16(2,15(18)19)20-14-6-4-3-5-13(14)11-7-9-12(17)10-8-11/h3-10H,1-2H3,(H,18,19). The average Bonchev–Trinajstić information content (AvgIpc) is 2.40. The Morgan fingerprint density at radius 3 is 2.30 bits per heavy atom. The molecular formula is C16H15ClO3. The number of aliphatic carboxylic acids is 1. The summed E-state index contributed by atoms with van der Waals surface area (Å²) in [7, 11) is 0. The van der Waals surface area contributed by atoms with Gasteiger partial charge in [-0.1, -0.05) is 41.9 Å². The predicted octanol–water partition coefficient (Wildman–Crippen LogP) is 4.25. The lowest BCUT2D eigenvalue weighted by Gasteiger charge is -2.23. The van der Waals surface area contributed by atoms with Crippen LogP contribution in [0.3, 0.4) is 0 Å². The van der Waals surface area contributed by atoms with Crippen molar-refractivity contribution < 1.29 is 14.6 Å². The number of hydrogen-bond donors (Lipinski definition) is 1. The highest BCUT2D eigenvalue weighted by Gasteiger charge is 2.30. The molecule has 3 nitrogen and oxygen atoms in total. The van der Waals surface area contributed by atoms with Gasteiger partial charge in [-0.25, -0.2) is 4.79 Å². The quantitative estimate of drug-likeness (QED) is 0.915. The maximum absolute atomic E-state index is 11.2. The summed E-state index contributed by atoms with van der Waals surface area (Å²) in [5, 5.41) is 9.81. The van der Waals surface area contributed by atoms with Gasteiger partial charge in [0.25, 0.3) is 0 Å². The Balaban J connectivity index is 2.41. The van der Waals surface area contributed by atoms with Gasteiger partial charge in [-0.3, -0.25) is 0 Å². The molecule has 0 aliphatic carbocycles. The summed E-state index contributed by atoms with van der Waals surface area (Å²) in [5.74, 6) is -0.481. The van der Waals surface area contributed by atoms with Crippen molar-refractivity contribution in [3.63, 3.8) is 0 Å². The van der Waals surface area contributed by atoms with E-state index in [0.717, 1.165) is 11.1 Å². The third kappa shape index (κ3) is 3.11. The van der Waals surface area contributed by atoms with Crippen LogP contribution in [0.1, 0.15) is 13.8 Å². The monoisotopic (exact) mass is 290 g/mol. The number of halogens is 1. The smallest absolute Gasteiger partial charge is 0.347 e. The van der Waals surface area contributed by atoms with Crippen LogP contribution in [0.2, 0.25) is 5.02 Å². The number of carbonyl (C=O) groups is 1. The summed E-state index contributed by atoms with van der Waals surface area (Å²) < 4.78 is 5.65. The number of carboxylic acids is 1. The second kappa shape index (κ2) is 5.55. The van der Waals surface area contributed by atoms with Gasteiger partial charge < -0.3 is 9.84 Å². The van der Waals surface area contributed by atoms with Gasteiger partial charge in [-0.2, -0.15) is 0 Å². The topological polar surface area (TPSA) is 46.5 Å². The normalized spacial score (nSPS) is 11.2. The molecule has 0 unspecified atom stereocenters. The first-order valence-corrected chi connectivity index (χ1v) is 6.55. The van der Waals surface area contributed by atoms with E-state index in [-0.39, 0.29) is 0 Å². The molecule has 0 heterocycles. The van der Waals surface area contributed by atoms with Crippen molar-refractivity contribution in [1.29, 1.82) is 0 Å². The van der Waals surface area contributed by atoms with E-state index >= 15 is 0 Å². The van der Waals surface area contributed by atoms with E-state index < -0.39 is 11.6 Å². The highest BCUT2D eigenvalue weighted by molar-refractivity contribution is 6.30. The first-order chi connectivity index (χ1) is 9.40. The summed E-state index contributed by atoms with van der Waals surface area (Å²) in [4.78, 5) is 11.2. The van der Waals surface area contributed by atoms with E-state index in [2.05, 4.69) is 0 Å². The zero-order valence-electron chi connectivity index (χ0n) is 11.3. The fraction of sp³-hybridized carbons (Fsp3) is 0.188. The van der Waals surface area contributed by atoms with Crippen molar-refractivity contribution in [3.05, 3.63) is 53.6 Å². The van der Waals surface area contributed by atoms with E-state index in [1.165, 1.54) is 13.8 Å². The van der Waals surface area contributed by atoms with Crippen molar-refractivity contribution in [2.75, 3.05) is 0 Å². The van der Waals surface area contributed by atoms with E-state index in [4.69, 9.17) is 21.4 Å². The number of benzene rings is 2. The Kier molecular flexibility index (Phi) is 4.00. The molecule has 104 valence electrons. The molecule has 0 spiro atoms. The van der Waals surface area contributed by atoms with Gasteiger partial charge in [-0.05, 0) is 37.6 Å². The minimum absolute atomic E-state index is 0.530. The molecule has 20 heavy (non-hydrogen) atoms. The molecular weight excluding hydrogens is 276 g/mol. The minimum Gasteiger partial charge on any atom is -0.478 e. The molecule has 0 atom stereocenters. The molecule has 0 amide bonds. The number of para-hydroxylation sites is 1. The highest BCUT2D eigenvalue weighted by Crippen LogP contribution is 2.32. The number of ether oxygens (including phenoxy) is 1. The highest BCUT2D eigenvalue weighted by atomic mass is 35.5. The summed E-state index contributed by atoms with van der Waals surface area (Å²) in [6.45, 7) is 3.04. The zero-order chi connectivity index (χ0) is 14.8. The first kappa shape index (κ1) is 14.4. The Bertz CT molecular complexity index is 618. The Hall–Kier alpha value is -2.00. The summed E-state index contributed by atoms with van der Waals surface area (Å²) in [6, 6.07) is 14.7. The Labute approximate surface area is 122 Å². The molecule has 0 aliphatic rings. The fourth-order valence-corrected chi connectivity index (χ4v) is 1.87. The molecule has 1 N–H and O–H groups in total. The molecule has 0 saturated carbocycles. The Morgan fingerprint density at radius 1 is 1.10 bits per heavy atom. The van der Waals surface area contributed by atoms with Crippen LogP contribution in [-0.4, -0.2) is 16.7 Å². The van der Waals surface area contributed by atoms with Gasteiger partial charge in [0.15, 0.2) is 5.60 Å². The number of carboxylic acid groups (broad SMARTS) is 1. The average molecular weight is 291 g/mol. The van der Waals surface area contributed by atoms with Crippen molar-refractivity contribution in [1.82, 2.24) is 0 Å². The largest absolute Gasteiger partial charge is 0.478 e. The second-order valence-electron chi connectivity index (χ2n) is 4.92. The van der Waals surface area contributed by atoms with E-state index in [0.29, 0.717) is 10.8 Å². The van der Waals surface area contributed by atoms with Crippen LogP contribution < -0.4 is 4.74 Å². The van der Waals surface area contributed by atoms with Crippen molar-refractivity contribution in [3.8, 4) is 16.9 Å². The van der Waals surface area contributed by atoms with Crippen LogP contribution in [0.4, 0.5) is 0 Å². The van der Waals surface area contributed by atoms with Crippen LogP contribution >= 0.6 is 11.6 Å². The SMILES string of the molecule is CC(C)(Oc1ccccc1-c1ccc(Cl)cc1)C(=O)O. The van der Waals surface area contributed by atoms with Gasteiger partial charge in [0.1, 0.15) is 5.75 Å². The van der Waals surface area contributed by atoms with Crippen molar-refractivity contribution in [2.45, 2.75) is 19.4 Å². The maximum atomic E-state index is 11.2. The van der Waals surface area contributed by atoms with Crippen LogP contribution in [0.15, 0.2) is 48.5 Å². The van der Waals surface area contributed by atoms with E-state index in [9.17, 15) is 4.79 Å². The minimum atomic E-state index is -1.29. The third-order valence-corrected chi connectivity index (χ3v) is 3.17. The first-order valence-electron chi connectivity index (χ1n) is 6.17. The number of hydrogen-bond acceptors (Lipinski definition) is 2. The molecule has 4 heteroatoms. The van der Waals surface area contributed by atoms with Gasteiger partial charge >= 0.3 is 5.97 Å². The van der Waals surface area contributed by atoms with Gasteiger partial charge in [0.2, 0.25) is 0 Å². The van der Waals surface area contributed by atoms with Gasteiger partial charge in [-0.15, -0.1) is 0 Å². The van der Waals surface area contributed by atoms with Crippen LogP contribution in [0.25, 0.3) is 11.1 Å².